The molecule has 0 aromatic heterocycles. The number of nitrogens with zero attached hydrogens (tertiary/aromatic N) is 1. The van der Waals surface area contributed by atoms with Crippen molar-refractivity contribution >= 4 is 21.8 Å². The van der Waals surface area contributed by atoms with Gasteiger partial charge in [0.2, 0.25) is 5.91 Å². The lowest BCUT2D eigenvalue weighted by Gasteiger charge is -2.31. The van der Waals surface area contributed by atoms with E-state index in [1.165, 1.54) is 0 Å². The van der Waals surface area contributed by atoms with Crippen molar-refractivity contribution in [2.24, 2.45) is 11.7 Å². The van der Waals surface area contributed by atoms with E-state index in [9.17, 15) is 4.79 Å². The number of hydrogen-bond acceptors (Lipinski definition) is 3. The smallest absolute Gasteiger partial charge is 0.227 e. The Balaban J connectivity index is 1.77. The van der Waals surface area contributed by atoms with Crippen LogP contribution >= 0.6 is 15.9 Å². The van der Waals surface area contributed by atoms with Crippen molar-refractivity contribution in [3.8, 4) is 5.75 Å². The number of halogens is 1. The zero-order valence-electron chi connectivity index (χ0n) is 12.4. The molecule has 0 bridgehead atoms. The molecule has 1 amide bonds. The van der Waals surface area contributed by atoms with Crippen molar-refractivity contribution < 1.29 is 9.53 Å². The van der Waals surface area contributed by atoms with Gasteiger partial charge in [-0.25, -0.2) is 0 Å². The lowest BCUT2D eigenvalue weighted by molar-refractivity contribution is -0.136. The van der Waals surface area contributed by atoms with Gasteiger partial charge >= 0.3 is 0 Å². The summed E-state index contributed by atoms with van der Waals surface area (Å²) < 4.78 is 6.67. The Hall–Kier alpha value is -1.07. The molecule has 1 fully saturated rings. The van der Waals surface area contributed by atoms with Crippen molar-refractivity contribution in [1.82, 2.24) is 4.90 Å². The van der Waals surface area contributed by atoms with Gasteiger partial charge < -0.3 is 15.4 Å². The van der Waals surface area contributed by atoms with Crippen LogP contribution in [0.15, 0.2) is 28.7 Å². The average molecular weight is 355 g/mol. The molecule has 1 aliphatic rings. The summed E-state index contributed by atoms with van der Waals surface area (Å²) >= 11 is 3.39. The van der Waals surface area contributed by atoms with E-state index in [0.29, 0.717) is 13.2 Å². The summed E-state index contributed by atoms with van der Waals surface area (Å²) in [7, 11) is 1.83. The van der Waals surface area contributed by atoms with Crippen LogP contribution in [-0.4, -0.2) is 37.0 Å². The third-order valence-corrected chi connectivity index (χ3v) is 4.55. The summed E-state index contributed by atoms with van der Waals surface area (Å²) in [6, 6.07) is 7.70. The second-order valence-corrected chi connectivity index (χ2v) is 6.53. The Morgan fingerprint density at radius 3 is 2.67 bits per heavy atom. The number of hydrogen-bond donors (Lipinski definition) is 1. The Morgan fingerprint density at radius 2 is 2.00 bits per heavy atom. The minimum Gasteiger partial charge on any atom is -0.492 e. The van der Waals surface area contributed by atoms with Crippen molar-refractivity contribution in [1.29, 1.82) is 0 Å². The average Bonchev–Trinajstić information content (AvgIpc) is 2.49. The molecule has 2 unspecified atom stereocenters. The van der Waals surface area contributed by atoms with E-state index < -0.39 is 0 Å². The molecule has 0 radical (unpaired) electrons. The first-order valence-electron chi connectivity index (χ1n) is 7.47. The largest absolute Gasteiger partial charge is 0.492 e. The summed E-state index contributed by atoms with van der Waals surface area (Å²) in [5.74, 6) is 0.950. The second kappa shape index (κ2) is 7.80. The predicted molar refractivity (Wildman–Crippen MR) is 87.2 cm³/mol. The first-order valence-corrected chi connectivity index (χ1v) is 8.26. The number of rotatable bonds is 5. The van der Waals surface area contributed by atoms with Crippen molar-refractivity contribution in [2.75, 3.05) is 20.2 Å². The van der Waals surface area contributed by atoms with Gasteiger partial charge in [0.1, 0.15) is 12.4 Å². The molecule has 0 saturated heterocycles. The minimum atomic E-state index is -0.0172. The highest BCUT2D eigenvalue weighted by atomic mass is 79.9. The zero-order valence-corrected chi connectivity index (χ0v) is 14.0. The number of benzene rings is 1. The first kappa shape index (κ1) is 16.3. The van der Waals surface area contributed by atoms with E-state index in [4.69, 9.17) is 10.5 Å². The maximum absolute atomic E-state index is 12.4. The summed E-state index contributed by atoms with van der Waals surface area (Å²) in [6.07, 6.45) is 4.12. The molecular formula is C16H23BrN2O2. The number of nitrogens with two attached hydrogens (primary N) is 1. The molecule has 1 aromatic carbocycles. The van der Waals surface area contributed by atoms with Crippen molar-refractivity contribution in [3.63, 3.8) is 0 Å². The Kier molecular flexibility index (Phi) is 6.06. The second-order valence-electron chi connectivity index (χ2n) is 5.62. The van der Waals surface area contributed by atoms with Crippen LogP contribution in [0, 0.1) is 5.92 Å². The highest BCUT2D eigenvalue weighted by molar-refractivity contribution is 9.10. The highest BCUT2D eigenvalue weighted by Gasteiger charge is 2.30. The molecule has 1 aromatic rings. The summed E-state index contributed by atoms with van der Waals surface area (Å²) in [4.78, 5) is 14.1. The molecule has 0 spiro atoms. The lowest BCUT2D eigenvalue weighted by Crippen LogP contribution is -2.45. The minimum absolute atomic E-state index is 0.0149. The molecule has 2 rings (SSSR count). The van der Waals surface area contributed by atoms with Crippen LogP contribution in [0.3, 0.4) is 0 Å². The summed E-state index contributed by atoms with van der Waals surface area (Å²) in [5, 5.41) is 0. The Morgan fingerprint density at radius 1 is 1.33 bits per heavy atom. The van der Waals surface area contributed by atoms with Crippen LogP contribution in [0.5, 0.6) is 5.75 Å². The van der Waals surface area contributed by atoms with Gasteiger partial charge in [-0.2, -0.15) is 0 Å². The molecule has 5 heteroatoms. The fourth-order valence-corrected chi connectivity index (χ4v) is 2.96. The number of likely N-dealkylation sites (N-methyl/N-ethyl adjacent to an activating group) is 1. The number of carbonyl (C=O) groups is 1. The van der Waals surface area contributed by atoms with E-state index in [-0.39, 0.29) is 17.9 Å². The topological polar surface area (TPSA) is 55.6 Å². The van der Waals surface area contributed by atoms with E-state index in [2.05, 4.69) is 15.9 Å². The van der Waals surface area contributed by atoms with Crippen LogP contribution in [0.1, 0.15) is 25.7 Å². The third-order valence-electron chi connectivity index (χ3n) is 4.02. The molecule has 0 heterocycles. The zero-order chi connectivity index (χ0) is 15.2. The molecule has 2 N–H and O–H groups in total. The Labute approximate surface area is 134 Å². The van der Waals surface area contributed by atoms with Gasteiger partial charge in [-0.1, -0.05) is 28.8 Å². The van der Waals surface area contributed by atoms with Crippen LogP contribution in [0.25, 0.3) is 0 Å². The fraction of sp³-hybridized carbons (Fsp3) is 0.562. The standard InChI is InChI=1S/C16H23BrN2O2/c1-19(16(20)14-4-2-3-5-15(14)18)10-11-21-13-8-6-12(17)7-9-13/h6-9,14-15H,2-5,10-11,18H2,1H3. The third kappa shape index (κ3) is 4.71. The molecule has 21 heavy (non-hydrogen) atoms. The van der Waals surface area contributed by atoms with Crippen LogP contribution in [0.4, 0.5) is 0 Å². The van der Waals surface area contributed by atoms with Gasteiger partial charge in [-0.15, -0.1) is 0 Å². The van der Waals surface area contributed by atoms with Gasteiger partial charge in [0.25, 0.3) is 0 Å². The van der Waals surface area contributed by atoms with Crippen molar-refractivity contribution in [3.05, 3.63) is 28.7 Å². The molecule has 4 nitrogen and oxygen atoms in total. The SMILES string of the molecule is CN(CCOc1ccc(Br)cc1)C(=O)C1CCCCC1N. The normalized spacial score (nSPS) is 21.9. The van der Waals surface area contributed by atoms with Crippen molar-refractivity contribution in [2.45, 2.75) is 31.7 Å². The quantitative estimate of drug-likeness (QED) is 0.884. The van der Waals surface area contributed by atoms with Gasteiger partial charge in [-0.3, -0.25) is 4.79 Å². The maximum atomic E-state index is 12.4. The van der Waals surface area contributed by atoms with Gasteiger partial charge in [-0.05, 0) is 37.1 Å². The highest BCUT2D eigenvalue weighted by Crippen LogP contribution is 2.24. The molecule has 2 atom stereocenters. The lowest BCUT2D eigenvalue weighted by atomic mass is 9.84. The van der Waals surface area contributed by atoms with Crippen LogP contribution < -0.4 is 10.5 Å². The molecule has 1 aliphatic carbocycles. The number of carbonyl (C=O) groups excluding carboxylic acids is 1. The molecule has 116 valence electrons. The van der Waals surface area contributed by atoms with E-state index in [1.807, 2.05) is 31.3 Å². The summed E-state index contributed by atoms with van der Waals surface area (Å²) in [6.45, 7) is 1.07. The van der Waals surface area contributed by atoms with Gasteiger partial charge in [0.15, 0.2) is 0 Å². The van der Waals surface area contributed by atoms with E-state index in [1.54, 1.807) is 4.90 Å². The number of amides is 1. The predicted octanol–water partition coefficient (Wildman–Crippen LogP) is 2.80. The molecular weight excluding hydrogens is 332 g/mol. The molecule has 1 saturated carbocycles. The van der Waals surface area contributed by atoms with Gasteiger partial charge in [0.05, 0.1) is 12.5 Å². The first-order chi connectivity index (χ1) is 10.1. The van der Waals surface area contributed by atoms with Crippen LogP contribution in [-0.2, 0) is 4.79 Å². The molecule has 0 aliphatic heterocycles. The Bertz CT molecular complexity index is 464. The van der Waals surface area contributed by atoms with Crippen LogP contribution in [0.2, 0.25) is 0 Å². The van der Waals surface area contributed by atoms with E-state index in [0.717, 1.165) is 35.9 Å². The monoisotopic (exact) mass is 354 g/mol. The maximum Gasteiger partial charge on any atom is 0.227 e. The van der Waals surface area contributed by atoms with E-state index >= 15 is 0 Å². The number of ether oxygens (including phenoxy) is 1. The fourth-order valence-electron chi connectivity index (χ4n) is 2.69. The van der Waals surface area contributed by atoms with Gasteiger partial charge in [0, 0.05) is 17.6 Å². The summed E-state index contributed by atoms with van der Waals surface area (Å²) in [5.41, 5.74) is 6.07.